The Bertz CT molecular complexity index is 846. The van der Waals surface area contributed by atoms with Crippen molar-refractivity contribution in [1.82, 2.24) is 0 Å². The number of ether oxygens (including phenoxy) is 1. The van der Waals surface area contributed by atoms with Gasteiger partial charge in [-0.15, -0.1) is 0 Å². The van der Waals surface area contributed by atoms with Crippen molar-refractivity contribution in [1.29, 1.82) is 0 Å². The maximum absolute atomic E-state index is 14.6. The molecule has 0 N–H and O–H groups in total. The standard InChI is InChI=1S/C18H14BrFN2O3/c19-13-9-14(20)16(10-15(13)21-5-7-25-8-6-21)22-17(23)11-3-1-2-4-12(11)18(22)24/h1-4,9-10H,5-8H2. The summed E-state index contributed by atoms with van der Waals surface area (Å²) in [7, 11) is 0. The zero-order chi connectivity index (χ0) is 17.6. The van der Waals surface area contributed by atoms with Gasteiger partial charge in [0, 0.05) is 17.6 Å². The van der Waals surface area contributed by atoms with Crippen molar-refractivity contribution in [2.75, 3.05) is 36.1 Å². The first-order valence-electron chi connectivity index (χ1n) is 7.87. The molecule has 0 aliphatic carbocycles. The quantitative estimate of drug-likeness (QED) is 0.721. The molecule has 1 fully saturated rings. The summed E-state index contributed by atoms with van der Waals surface area (Å²) in [6, 6.07) is 9.37. The number of benzene rings is 2. The number of rotatable bonds is 2. The third-order valence-electron chi connectivity index (χ3n) is 4.40. The topological polar surface area (TPSA) is 49.9 Å². The summed E-state index contributed by atoms with van der Waals surface area (Å²) in [5.41, 5.74) is 1.29. The maximum atomic E-state index is 14.6. The molecule has 0 atom stereocenters. The number of morpholine rings is 1. The number of amides is 2. The van der Waals surface area contributed by atoms with Crippen LogP contribution in [0.25, 0.3) is 0 Å². The summed E-state index contributed by atoms with van der Waals surface area (Å²) in [5, 5.41) is 0. The van der Waals surface area contributed by atoms with E-state index in [-0.39, 0.29) is 5.69 Å². The smallest absolute Gasteiger partial charge is 0.266 e. The van der Waals surface area contributed by atoms with Crippen LogP contribution in [0.15, 0.2) is 40.9 Å². The number of hydrogen-bond acceptors (Lipinski definition) is 4. The molecule has 4 rings (SSSR count). The molecule has 2 amide bonds. The first kappa shape index (κ1) is 16.2. The maximum Gasteiger partial charge on any atom is 0.266 e. The molecule has 0 radical (unpaired) electrons. The molecule has 2 aromatic carbocycles. The third kappa shape index (κ3) is 2.63. The molecule has 7 heteroatoms. The fourth-order valence-electron chi connectivity index (χ4n) is 3.15. The molecule has 25 heavy (non-hydrogen) atoms. The number of imide groups is 1. The Balaban J connectivity index is 1.78. The number of nitrogens with zero attached hydrogens (tertiary/aromatic N) is 2. The molecule has 2 aliphatic heterocycles. The van der Waals surface area contributed by atoms with Crippen molar-refractivity contribution in [3.8, 4) is 0 Å². The van der Waals surface area contributed by atoms with Crippen molar-refractivity contribution in [2.45, 2.75) is 0 Å². The highest BCUT2D eigenvalue weighted by molar-refractivity contribution is 9.10. The van der Waals surface area contributed by atoms with Crippen LogP contribution in [-0.4, -0.2) is 38.1 Å². The SMILES string of the molecule is O=C1c2ccccc2C(=O)N1c1cc(N2CCOCC2)c(Br)cc1F. The Labute approximate surface area is 152 Å². The number of halogens is 2. The Morgan fingerprint density at radius 2 is 1.56 bits per heavy atom. The van der Waals surface area contributed by atoms with Crippen molar-refractivity contribution in [3.05, 3.63) is 57.8 Å². The highest BCUT2D eigenvalue weighted by atomic mass is 79.9. The largest absolute Gasteiger partial charge is 0.378 e. The molecule has 0 spiro atoms. The van der Waals surface area contributed by atoms with E-state index in [0.717, 1.165) is 10.6 Å². The van der Waals surface area contributed by atoms with Crippen LogP contribution in [0.2, 0.25) is 0 Å². The van der Waals surface area contributed by atoms with Crippen LogP contribution >= 0.6 is 15.9 Å². The van der Waals surface area contributed by atoms with Gasteiger partial charge < -0.3 is 9.64 Å². The van der Waals surface area contributed by atoms with Crippen molar-refractivity contribution >= 4 is 39.1 Å². The Hall–Kier alpha value is -2.25. The Morgan fingerprint density at radius 3 is 2.16 bits per heavy atom. The molecule has 2 aromatic rings. The lowest BCUT2D eigenvalue weighted by atomic mass is 10.1. The molecule has 0 aromatic heterocycles. The molecule has 5 nitrogen and oxygen atoms in total. The van der Waals surface area contributed by atoms with E-state index in [1.807, 2.05) is 4.90 Å². The van der Waals surface area contributed by atoms with Crippen LogP contribution in [0.4, 0.5) is 15.8 Å². The van der Waals surface area contributed by atoms with Crippen molar-refractivity contribution in [2.24, 2.45) is 0 Å². The second-order valence-corrected chi connectivity index (χ2v) is 6.70. The van der Waals surface area contributed by atoms with Crippen LogP contribution in [0, 0.1) is 5.82 Å². The van der Waals surface area contributed by atoms with Gasteiger partial charge in [-0.05, 0) is 40.2 Å². The number of carbonyl (C=O) groups is 2. The lowest BCUT2D eigenvalue weighted by Gasteiger charge is -2.30. The van der Waals surface area contributed by atoms with E-state index in [0.29, 0.717) is 41.9 Å². The Kier molecular flexibility index (Phi) is 4.05. The number of carbonyl (C=O) groups excluding carboxylic acids is 2. The normalized spacial score (nSPS) is 17.2. The summed E-state index contributed by atoms with van der Waals surface area (Å²) in [6.07, 6.45) is 0. The first-order valence-corrected chi connectivity index (χ1v) is 8.67. The molecule has 128 valence electrons. The predicted octanol–water partition coefficient (Wildman–Crippen LogP) is 3.23. The van der Waals surface area contributed by atoms with E-state index in [9.17, 15) is 14.0 Å². The van der Waals surface area contributed by atoms with Gasteiger partial charge in [0.25, 0.3) is 11.8 Å². The minimum absolute atomic E-state index is 0.0316. The van der Waals surface area contributed by atoms with Gasteiger partial charge in [0.2, 0.25) is 0 Å². The van der Waals surface area contributed by atoms with E-state index < -0.39 is 17.6 Å². The van der Waals surface area contributed by atoms with Crippen LogP contribution < -0.4 is 9.80 Å². The lowest BCUT2D eigenvalue weighted by Crippen LogP contribution is -2.37. The number of hydrogen-bond donors (Lipinski definition) is 0. The van der Waals surface area contributed by atoms with Crippen LogP contribution in [0.3, 0.4) is 0 Å². The van der Waals surface area contributed by atoms with Crippen LogP contribution in [0.5, 0.6) is 0 Å². The average molecular weight is 405 g/mol. The lowest BCUT2D eigenvalue weighted by molar-refractivity contribution is 0.0924. The van der Waals surface area contributed by atoms with Crippen molar-refractivity contribution in [3.63, 3.8) is 0 Å². The van der Waals surface area contributed by atoms with Gasteiger partial charge in [0.15, 0.2) is 0 Å². The van der Waals surface area contributed by atoms with E-state index in [4.69, 9.17) is 4.74 Å². The summed E-state index contributed by atoms with van der Waals surface area (Å²) in [5.74, 6) is -1.64. The summed E-state index contributed by atoms with van der Waals surface area (Å²) >= 11 is 3.37. The minimum Gasteiger partial charge on any atom is -0.378 e. The van der Waals surface area contributed by atoms with Gasteiger partial charge in [-0.3, -0.25) is 9.59 Å². The molecular formula is C18H14BrFN2O3. The van der Waals surface area contributed by atoms with Gasteiger partial charge in [0.1, 0.15) is 5.82 Å². The Morgan fingerprint density at radius 1 is 0.960 bits per heavy atom. The average Bonchev–Trinajstić information content (AvgIpc) is 2.88. The molecule has 0 saturated carbocycles. The highest BCUT2D eigenvalue weighted by Crippen LogP contribution is 2.37. The van der Waals surface area contributed by atoms with E-state index in [1.54, 1.807) is 30.3 Å². The fourth-order valence-corrected chi connectivity index (χ4v) is 3.72. The van der Waals surface area contributed by atoms with Gasteiger partial charge in [-0.1, -0.05) is 12.1 Å². The van der Waals surface area contributed by atoms with Gasteiger partial charge in [-0.25, -0.2) is 9.29 Å². The summed E-state index contributed by atoms with van der Waals surface area (Å²) in [4.78, 5) is 28.2. The van der Waals surface area contributed by atoms with E-state index in [1.165, 1.54) is 6.07 Å². The fraction of sp³-hybridized carbons (Fsp3) is 0.222. The predicted molar refractivity (Wildman–Crippen MR) is 94.7 cm³/mol. The molecular weight excluding hydrogens is 391 g/mol. The monoisotopic (exact) mass is 404 g/mol. The minimum atomic E-state index is -0.626. The van der Waals surface area contributed by atoms with Gasteiger partial charge in [0.05, 0.1) is 35.7 Å². The summed E-state index contributed by atoms with van der Waals surface area (Å²) in [6.45, 7) is 2.47. The highest BCUT2D eigenvalue weighted by Gasteiger charge is 2.38. The van der Waals surface area contributed by atoms with Gasteiger partial charge in [-0.2, -0.15) is 0 Å². The van der Waals surface area contributed by atoms with Crippen LogP contribution in [0.1, 0.15) is 20.7 Å². The zero-order valence-electron chi connectivity index (χ0n) is 13.2. The summed E-state index contributed by atoms with van der Waals surface area (Å²) < 4.78 is 20.5. The van der Waals surface area contributed by atoms with Crippen LogP contribution in [-0.2, 0) is 4.74 Å². The molecule has 2 aliphatic rings. The molecule has 2 heterocycles. The molecule has 1 saturated heterocycles. The third-order valence-corrected chi connectivity index (χ3v) is 5.04. The van der Waals surface area contributed by atoms with E-state index >= 15 is 0 Å². The number of fused-ring (bicyclic) bond motifs is 1. The van der Waals surface area contributed by atoms with Crippen molar-refractivity contribution < 1.29 is 18.7 Å². The first-order chi connectivity index (χ1) is 12.1. The second-order valence-electron chi connectivity index (χ2n) is 5.85. The van der Waals surface area contributed by atoms with Gasteiger partial charge >= 0.3 is 0 Å². The zero-order valence-corrected chi connectivity index (χ0v) is 14.8. The molecule has 0 bridgehead atoms. The second kappa shape index (κ2) is 6.24. The van der Waals surface area contributed by atoms with E-state index in [2.05, 4.69) is 15.9 Å². The molecule has 0 unspecified atom stereocenters. The number of anilines is 2.